The van der Waals surface area contributed by atoms with Gasteiger partial charge in [0.2, 0.25) is 0 Å². The van der Waals surface area contributed by atoms with E-state index in [1.165, 1.54) is 17.0 Å². The van der Waals surface area contributed by atoms with Gasteiger partial charge in [-0.3, -0.25) is 9.59 Å². The molecule has 2 aromatic rings. The van der Waals surface area contributed by atoms with Crippen LogP contribution in [0.4, 0.5) is 8.78 Å². The summed E-state index contributed by atoms with van der Waals surface area (Å²) in [4.78, 5) is 25.3. The molecule has 0 fully saturated rings. The van der Waals surface area contributed by atoms with E-state index in [1.54, 1.807) is 37.4 Å². The molecule has 0 unspecified atom stereocenters. The summed E-state index contributed by atoms with van der Waals surface area (Å²) in [7, 11) is 1.54. The Balaban J connectivity index is 1.79. The second-order valence-electron chi connectivity index (χ2n) is 5.86. The first-order chi connectivity index (χ1) is 13.2. The number of halogens is 4. The number of carbonyl (C=O) groups excluding carboxylic acids is 2. The molecule has 0 bridgehead atoms. The second-order valence-corrected chi connectivity index (χ2v) is 6.67. The lowest BCUT2D eigenvalue weighted by Gasteiger charge is -2.17. The highest BCUT2D eigenvalue weighted by molar-refractivity contribution is 6.42. The van der Waals surface area contributed by atoms with Gasteiger partial charge < -0.3 is 14.4 Å². The first-order valence-corrected chi connectivity index (χ1v) is 8.87. The van der Waals surface area contributed by atoms with Crippen LogP contribution in [0, 0.1) is 0 Å². The smallest absolute Gasteiger partial charge is 0.387 e. The van der Waals surface area contributed by atoms with Crippen LogP contribution in [0.25, 0.3) is 0 Å². The van der Waals surface area contributed by atoms with E-state index in [9.17, 15) is 18.4 Å². The van der Waals surface area contributed by atoms with Gasteiger partial charge in [0.25, 0.3) is 5.91 Å². The predicted molar refractivity (Wildman–Crippen MR) is 101 cm³/mol. The maximum atomic E-state index is 12.1. The SMILES string of the molecule is CN(Cc1ccc(OC(F)F)cc1)C(=O)COC(=O)Cc1ccc(Cl)c(Cl)c1. The van der Waals surface area contributed by atoms with Gasteiger partial charge in [-0.25, -0.2) is 0 Å². The van der Waals surface area contributed by atoms with Crippen LogP contribution in [0.3, 0.4) is 0 Å². The van der Waals surface area contributed by atoms with Crippen molar-refractivity contribution in [1.29, 1.82) is 0 Å². The number of benzene rings is 2. The fraction of sp³-hybridized carbons (Fsp3) is 0.263. The molecule has 0 N–H and O–H groups in total. The molecule has 28 heavy (non-hydrogen) atoms. The van der Waals surface area contributed by atoms with Gasteiger partial charge in [-0.15, -0.1) is 0 Å². The van der Waals surface area contributed by atoms with Crippen molar-refractivity contribution in [1.82, 2.24) is 4.90 Å². The van der Waals surface area contributed by atoms with Crippen molar-refractivity contribution in [3.63, 3.8) is 0 Å². The molecule has 0 saturated carbocycles. The van der Waals surface area contributed by atoms with Gasteiger partial charge in [0.05, 0.1) is 16.5 Å². The Hall–Kier alpha value is -2.38. The summed E-state index contributed by atoms with van der Waals surface area (Å²) >= 11 is 11.7. The van der Waals surface area contributed by atoms with Gasteiger partial charge in [-0.1, -0.05) is 41.4 Å². The van der Waals surface area contributed by atoms with E-state index in [1.807, 2.05) is 0 Å². The minimum atomic E-state index is -2.89. The normalized spacial score (nSPS) is 10.6. The molecule has 0 aliphatic carbocycles. The Morgan fingerprint density at radius 2 is 1.68 bits per heavy atom. The fourth-order valence-corrected chi connectivity index (χ4v) is 2.58. The lowest BCUT2D eigenvalue weighted by Crippen LogP contribution is -2.31. The lowest BCUT2D eigenvalue weighted by atomic mass is 10.1. The third kappa shape index (κ3) is 6.98. The van der Waals surface area contributed by atoms with E-state index >= 15 is 0 Å². The van der Waals surface area contributed by atoms with Crippen molar-refractivity contribution >= 4 is 35.1 Å². The van der Waals surface area contributed by atoms with Crippen LogP contribution in [-0.2, 0) is 27.3 Å². The standard InChI is InChI=1S/C19H17Cl2F2NO4/c1-24(10-12-2-5-14(6-3-12)28-19(22)23)17(25)11-27-18(26)9-13-4-7-15(20)16(21)8-13/h2-8,19H,9-11H2,1H3. The summed E-state index contributed by atoms with van der Waals surface area (Å²) in [5.74, 6) is -0.951. The van der Waals surface area contributed by atoms with Crippen LogP contribution >= 0.6 is 23.2 Å². The van der Waals surface area contributed by atoms with Crippen LogP contribution in [0.15, 0.2) is 42.5 Å². The summed E-state index contributed by atoms with van der Waals surface area (Å²) in [6, 6.07) is 10.7. The Labute approximate surface area is 170 Å². The van der Waals surface area contributed by atoms with Gasteiger partial charge in [-0.05, 0) is 35.4 Å². The summed E-state index contributed by atoms with van der Waals surface area (Å²) in [5, 5.41) is 0.706. The van der Waals surface area contributed by atoms with Crippen LogP contribution < -0.4 is 4.74 Å². The number of hydrogen-bond donors (Lipinski definition) is 0. The third-order valence-corrected chi connectivity index (χ3v) is 4.42. The molecule has 0 saturated heterocycles. The average Bonchev–Trinajstić information content (AvgIpc) is 2.64. The Morgan fingerprint density at radius 1 is 1.04 bits per heavy atom. The second kappa shape index (κ2) is 10.2. The number of amides is 1. The number of ether oxygens (including phenoxy) is 2. The number of rotatable bonds is 8. The monoisotopic (exact) mass is 431 g/mol. The van der Waals surface area contributed by atoms with Crippen molar-refractivity contribution in [2.75, 3.05) is 13.7 Å². The van der Waals surface area contributed by atoms with Crippen LogP contribution in [-0.4, -0.2) is 37.0 Å². The van der Waals surface area contributed by atoms with Crippen LogP contribution in [0.5, 0.6) is 5.75 Å². The highest BCUT2D eigenvalue weighted by Crippen LogP contribution is 2.23. The van der Waals surface area contributed by atoms with Crippen LogP contribution in [0.1, 0.15) is 11.1 Å². The summed E-state index contributed by atoms with van der Waals surface area (Å²) in [6.07, 6.45) is -0.0422. The van der Waals surface area contributed by atoms with Gasteiger partial charge in [0.1, 0.15) is 5.75 Å². The van der Waals surface area contributed by atoms with E-state index in [0.29, 0.717) is 21.2 Å². The van der Waals surface area contributed by atoms with E-state index in [-0.39, 0.29) is 18.7 Å². The van der Waals surface area contributed by atoms with Crippen molar-refractivity contribution in [2.24, 2.45) is 0 Å². The van der Waals surface area contributed by atoms with Gasteiger partial charge in [0.15, 0.2) is 6.61 Å². The van der Waals surface area contributed by atoms with E-state index < -0.39 is 25.1 Å². The van der Waals surface area contributed by atoms with Crippen molar-refractivity contribution in [3.05, 3.63) is 63.6 Å². The first-order valence-electron chi connectivity index (χ1n) is 8.12. The highest BCUT2D eigenvalue weighted by Gasteiger charge is 2.14. The zero-order valence-corrected chi connectivity index (χ0v) is 16.3. The minimum Gasteiger partial charge on any atom is -0.455 e. The number of nitrogens with zero attached hydrogens (tertiary/aromatic N) is 1. The van der Waals surface area contributed by atoms with E-state index in [2.05, 4.69) is 4.74 Å². The van der Waals surface area contributed by atoms with Gasteiger partial charge in [-0.2, -0.15) is 8.78 Å². The fourth-order valence-electron chi connectivity index (χ4n) is 2.26. The first kappa shape index (κ1) is 21.9. The molecule has 0 spiro atoms. The predicted octanol–water partition coefficient (Wildman–Crippen LogP) is 4.34. The van der Waals surface area contributed by atoms with Crippen molar-refractivity contribution in [2.45, 2.75) is 19.6 Å². The third-order valence-electron chi connectivity index (χ3n) is 3.68. The quantitative estimate of drug-likeness (QED) is 0.583. The zero-order chi connectivity index (χ0) is 20.7. The largest absolute Gasteiger partial charge is 0.455 e. The molecule has 150 valence electrons. The van der Waals surface area contributed by atoms with Gasteiger partial charge >= 0.3 is 12.6 Å². The van der Waals surface area contributed by atoms with Crippen LogP contribution in [0.2, 0.25) is 10.0 Å². The number of esters is 1. The molecule has 2 aromatic carbocycles. The summed E-state index contributed by atoms with van der Waals surface area (Å²) < 4.78 is 33.5. The summed E-state index contributed by atoms with van der Waals surface area (Å²) in [6.45, 7) is -3.09. The number of alkyl halides is 2. The minimum absolute atomic E-state index is 0.0314. The van der Waals surface area contributed by atoms with Crippen molar-refractivity contribution in [3.8, 4) is 5.75 Å². The van der Waals surface area contributed by atoms with E-state index in [4.69, 9.17) is 27.9 Å². The Kier molecular flexibility index (Phi) is 8.02. The highest BCUT2D eigenvalue weighted by atomic mass is 35.5. The molecule has 0 radical (unpaired) electrons. The average molecular weight is 432 g/mol. The molecular weight excluding hydrogens is 415 g/mol. The zero-order valence-electron chi connectivity index (χ0n) is 14.8. The molecule has 5 nitrogen and oxygen atoms in total. The summed E-state index contributed by atoms with van der Waals surface area (Å²) in [5.41, 5.74) is 1.32. The van der Waals surface area contributed by atoms with E-state index in [0.717, 1.165) is 0 Å². The molecular formula is C19H17Cl2F2NO4. The molecule has 1 amide bonds. The molecule has 2 rings (SSSR count). The lowest BCUT2D eigenvalue weighted by molar-refractivity contribution is -0.151. The Morgan fingerprint density at radius 3 is 2.29 bits per heavy atom. The number of carbonyl (C=O) groups is 2. The topological polar surface area (TPSA) is 55.8 Å². The van der Waals surface area contributed by atoms with Crippen molar-refractivity contribution < 1.29 is 27.8 Å². The molecule has 0 aliphatic rings. The number of likely N-dealkylation sites (N-methyl/N-ethyl adjacent to an activating group) is 1. The molecule has 0 aromatic heterocycles. The molecule has 0 atom stereocenters. The number of hydrogen-bond acceptors (Lipinski definition) is 4. The Bertz CT molecular complexity index is 831. The maximum absolute atomic E-state index is 12.1. The molecule has 0 heterocycles. The molecule has 9 heteroatoms. The molecule has 0 aliphatic heterocycles. The maximum Gasteiger partial charge on any atom is 0.387 e. The van der Waals surface area contributed by atoms with Gasteiger partial charge in [0, 0.05) is 13.6 Å².